The summed E-state index contributed by atoms with van der Waals surface area (Å²) in [4.78, 5) is 31.4. The first-order valence-electron chi connectivity index (χ1n) is 9.86. The molecule has 1 fully saturated rings. The molecule has 1 atom stereocenters. The van der Waals surface area contributed by atoms with E-state index in [0.717, 1.165) is 29.8 Å². The van der Waals surface area contributed by atoms with Gasteiger partial charge in [-0.2, -0.15) is 0 Å². The standard InChI is InChI=1S/C22H21N7O.4H2/c23-20-19(21-26-16-8-4-5-9-17(16)27-21)28-18(12-24-20)29-11-10-15(13-29)25-22(30)14-6-2-1-3-7-14;;;;/h1-9,12,15H,10-11,13H2,(H2,23,24)(H,25,30)(H,26,27);4*1H/t15-;;;;/m0..../s1. The molecule has 8 nitrogen and oxygen atoms in total. The minimum Gasteiger partial charge on any atom is -0.382 e. The second-order valence-electron chi connectivity index (χ2n) is 7.34. The Morgan fingerprint density at radius 3 is 2.77 bits per heavy atom. The van der Waals surface area contributed by atoms with Crippen LogP contribution < -0.4 is 16.0 Å². The third kappa shape index (κ3) is 3.43. The molecule has 2 aromatic heterocycles. The van der Waals surface area contributed by atoms with Crippen molar-refractivity contribution in [3.63, 3.8) is 0 Å². The van der Waals surface area contributed by atoms with E-state index in [1.807, 2.05) is 54.6 Å². The molecule has 3 heterocycles. The molecule has 1 saturated heterocycles. The van der Waals surface area contributed by atoms with Gasteiger partial charge in [0.05, 0.1) is 17.2 Å². The Balaban J connectivity index is 0.00000144. The Morgan fingerprint density at radius 2 is 1.93 bits per heavy atom. The number of nitrogen functional groups attached to an aromatic ring is 1. The van der Waals surface area contributed by atoms with Crippen LogP contribution in [0.15, 0.2) is 60.8 Å². The number of rotatable bonds is 4. The molecule has 2 aromatic carbocycles. The van der Waals surface area contributed by atoms with Crippen molar-refractivity contribution in [3.05, 3.63) is 66.4 Å². The first kappa shape index (κ1) is 18.1. The number of hydrogen-bond donors (Lipinski definition) is 3. The van der Waals surface area contributed by atoms with Crippen LogP contribution in [-0.2, 0) is 0 Å². The molecule has 0 aliphatic carbocycles. The molecule has 5 rings (SSSR count). The van der Waals surface area contributed by atoms with Crippen LogP contribution >= 0.6 is 0 Å². The van der Waals surface area contributed by atoms with Crippen molar-refractivity contribution in [1.29, 1.82) is 0 Å². The largest absolute Gasteiger partial charge is 0.382 e. The van der Waals surface area contributed by atoms with Gasteiger partial charge in [0.2, 0.25) is 0 Å². The number of nitrogens with zero attached hydrogens (tertiary/aromatic N) is 4. The molecule has 8 heteroatoms. The van der Waals surface area contributed by atoms with E-state index < -0.39 is 0 Å². The molecule has 4 aromatic rings. The maximum absolute atomic E-state index is 12.4. The lowest BCUT2D eigenvalue weighted by Crippen LogP contribution is -2.37. The number of carbonyl (C=O) groups is 1. The third-order valence-corrected chi connectivity index (χ3v) is 5.29. The lowest BCUT2D eigenvalue weighted by atomic mass is 10.2. The van der Waals surface area contributed by atoms with Gasteiger partial charge in [-0.3, -0.25) is 4.79 Å². The summed E-state index contributed by atoms with van der Waals surface area (Å²) in [5.41, 5.74) is 9.05. The Bertz CT molecular complexity index is 1190. The van der Waals surface area contributed by atoms with Gasteiger partial charge in [-0.05, 0) is 30.7 Å². The van der Waals surface area contributed by atoms with E-state index in [1.165, 1.54) is 0 Å². The second kappa shape index (κ2) is 7.47. The van der Waals surface area contributed by atoms with Crippen LogP contribution in [0.3, 0.4) is 0 Å². The van der Waals surface area contributed by atoms with Gasteiger partial charge in [0.15, 0.2) is 17.3 Å². The van der Waals surface area contributed by atoms with E-state index in [-0.39, 0.29) is 17.7 Å². The van der Waals surface area contributed by atoms with Gasteiger partial charge in [0.1, 0.15) is 5.82 Å². The number of imidazole rings is 1. The SMILES string of the molecule is Nc1ncc(N2CC[C@H](NC(=O)c3ccccc3)C2)nc1-c1nc2ccccc2[nH]1.[HH].[HH].[HH].[HH]. The normalized spacial score (nSPS) is 16.1. The zero-order chi connectivity index (χ0) is 20.5. The Labute approximate surface area is 179 Å². The highest BCUT2D eigenvalue weighted by Crippen LogP contribution is 2.26. The van der Waals surface area contributed by atoms with Gasteiger partial charge in [0.25, 0.3) is 5.91 Å². The van der Waals surface area contributed by atoms with Crippen LogP contribution in [0.1, 0.15) is 22.5 Å². The number of aromatic amines is 1. The van der Waals surface area contributed by atoms with Crippen molar-refractivity contribution in [2.24, 2.45) is 0 Å². The van der Waals surface area contributed by atoms with E-state index in [4.69, 9.17) is 10.7 Å². The highest BCUT2D eigenvalue weighted by Gasteiger charge is 2.26. The minimum absolute atomic E-state index is 0. The number of anilines is 2. The van der Waals surface area contributed by atoms with Crippen molar-refractivity contribution in [1.82, 2.24) is 25.3 Å². The zero-order valence-electron chi connectivity index (χ0n) is 16.2. The predicted octanol–water partition coefficient (Wildman–Crippen LogP) is 3.59. The number of H-pyrrole nitrogens is 1. The summed E-state index contributed by atoms with van der Waals surface area (Å²) in [5.74, 6) is 1.58. The Hall–Kier alpha value is -3.94. The van der Waals surface area contributed by atoms with E-state index >= 15 is 0 Å². The van der Waals surface area contributed by atoms with Crippen LogP contribution in [0.5, 0.6) is 0 Å². The molecule has 0 unspecified atom stereocenters. The summed E-state index contributed by atoms with van der Waals surface area (Å²) in [6.45, 7) is 1.44. The van der Waals surface area contributed by atoms with Crippen molar-refractivity contribution in [2.75, 3.05) is 23.7 Å². The summed E-state index contributed by atoms with van der Waals surface area (Å²) in [7, 11) is 0. The smallest absolute Gasteiger partial charge is 0.251 e. The fraction of sp³-hybridized carbons (Fsp3) is 0.182. The number of benzene rings is 2. The molecule has 30 heavy (non-hydrogen) atoms. The Morgan fingerprint density at radius 1 is 1.13 bits per heavy atom. The fourth-order valence-corrected chi connectivity index (χ4v) is 3.73. The van der Waals surface area contributed by atoms with Crippen LogP contribution in [0.4, 0.5) is 11.6 Å². The van der Waals surface area contributed by atoms with Crippen LogP contribution in [-0.4, -0.2) is 45.0 Å². The predicted molar refractivity (Wildman–Crippen MR) is 125 cm³/mol. The molecule has 0 saturated carbocycles. The van der Waals surface area contributed by atoms with Crippen LogP contribution in [0.2, 0.25) is 0 Å². The molecule has 158 valence electrons. The number of amides is 1. The number of para-hydroxylation sites is 2. The lowest BCUT2D eigenvalue weighted by Gasteiger charge is -2.18. The van der Waals surface area contributed by atoms with Crippen molar-refractivity contribution < 1.29 is 10.5 Å². The van der Waals surface area contributed by atoms with E-state index in [1.54, 1.807) is 6.20 Å². The minimum atomic E-state index is -0.0613. The second-order valence-corrected chi connectivity index (χ2v) is 7.34. The van der Waals surface area contributed by atoms with Gasteiger partial charge >= 0.3 is 0 Å². The van der Waals surface area contributed by atoms with Gasteiger partial charge in [-0.15, -0.1) is 0 Å². The zero-order valence-corrected chi connectivity index (χ0v) is 16.2. The molecule has 4 N–H and O–H groups in total. The number of fused-ring (bicyclic) bond motifs is 1. The molecule has 0 bridgehead atoms. The maximum atomic E-state index is 12.4. The van der Waals surface area contributed by atoms with Crippen molar-refractivity contribution in [3.8, 4) is 11.5 Å². The number of nitrogens with one attached hydrogen (secondary N) is 2. The summed E-state index contributed by atoms with van der Waals surface area (Å²) < 4.78 is 0. The average Bonchev–Trinajstić information content (AvgIpc) is 3.41. The van der Waals surface area contributed by atoms with Crippen LogP contribution in [0, 0.1) is 0 Å². The quantitative estimate of drug-likeness (QED) is 0.476. The van der Waals surface area contributed by atoms with Crippen molar-refractivity contribution >= 4 is 28.6 Å². The topological polar surface area (TPSA) is 113 Å². The molecule has 0 radical (unpaired) electrons. The number of hydrogen-bond acceptors (Lipinski definition) is 6. The first-order chi connectivity index (χ1) is 14.7. The van der Waals surface area contributed by atoms with E-state index in [2.05, 4.69) is 25.2 Å². The third-order valence-electron chi connectivity index (χ3n) is 5.29. The lowest BCUT2D eigenvalue weighted by molar-refractivity contribution is 0.0940. The molecule has 1 aliphatic rings. The van der Waals surface area contributed by atoms with Gasteiger partial charge in [-0.25, -0.2) is 15.0 Å². The fourth-order valence-electron chi connectivity index (χ4n) is 3.73. The summed E-state index contributed by atoms with van der Waals surface area (Å²) in [6.07, 6.45) is 2.51. The number of aromatic nitrogens is 4. The summed E-state index contributed by atoms with van der Waals surface area (Å²) in [5, 5.41) is 3.10. The highest BCUT2D eigenvalue weighted by molar-refractivity contribution is 5.94. The molecular weight excluding hydrogens is 378 g/mol. The molecular formula is C22H29N7O. The number of carbonyl (C=O) groups excluding carboxylic acids is 1. The van der Waals surface area contributed by atoms with Gasteiger partial charge in [0, 0.05) is 30.4 Å². The number of nitrogens with two attached hydrogens (primary N) is 1. The molecule has 1 amide bonds. The molecule has 0 spiro atoms. The van der Waals surface area contributed by atoms with Crippen molar-refractivity contribution in [2.45, 2.75) is 12.5 Å². The average molecular weight is 408 g/mol. The van der Waals surface area contributed by atoms with Crippen LogP contribution in [0.25, 0.3) is 22.6 Å². The van der Waals surface area contributed by atoms with Gasteiger partial charge < -0.3 is 20.9 Å². The summed E-state index contributed by atoms with van der Waals surface area (Å²) >= 11 is 0. The van der Waals surface area contributed by atoms with E-state index in [0.29, 0.717) is 29.4 Å². The first-order valence-corrected chi connectivity index (χ1v) is 9.86. The van der Waals surface area contributed by atoms with Gasteiger partial charge in [-0.1, -0.05) is 30.3 Å². The highest BCUT2D eigenvalue weighted by atomic mass is 16.1. The monoisotopic (exact) mass is 407 g/mol. The molecule has 1 aliphatic heterocycles. The maximum Gasteiger partial charge on any atom is 0.251 e. The van der Waals surface area contributed by atoms with E-state index in [9.17, 15) is 4.79 Å². The Kier molecular flexibility index (Phi) is 4.51. The summed E-state index contributed by atoms with van der Waals surface area (Å²) in [6, 6.07) is 17.1.